The van der Waals surface area contributed by atoms with E-state index in [1.54, 1.807) is 0 Å². The maximum absolute atomic E-state index is 12.5. The molecule has 0 unspecified atom stereocenters. The van der Waals surface area contributed by atoms with Gasteiger partial charge in [-0.25, -0.2) is 8.96 Å². The second-order valence-corrected chi connectivity index (χ2v) is 7.47. The van der Waals surface area contributed by atoms with Crippen LogP contribution in [-0.2, 0) is 20.1 Å². The van der Waals surface area contributed by atoms with Crippen LogP contribution in [-0.4, -0.2) is 36.8 Å². The Morgan fingerprint density at radius 2 is 1.58 bits per heavy atom. The van der Waals surface area contributed by atoms with E-state index in [-0.39, 0.29) is 3.97 Å². The number of nitrogens with zero attached hydrogens (tertiary/aromatic N) is 2. The predicted octanol–water partition coefficient (Wildman–Crippen LogP) is 1.96. The number of fused-ring (bicyclic) bond motifs is 1. The van der Waals surface area contributed by atoms with Crippen molar-refractivity contribution in [2.45, 2.75) is 11.0 Å². The summed E-state index contributed by atoms with van der Waals surface area (Å²) in [5, 5.41) is -0.391. The van der Waals surface area contributed by atoms with Gasteiger partial charge in [-0.15, -0.1) is 0 Å². The molecule has 0 fully saturated rings. The van der Waals surface area contributed by atoms with Gasteiger partial charge in [-0.1, -0.05) is 0 Å². The fraction of sp³-hybridized carbons (Fsp3) is 0.222. The third-order valence-corrected chi connectivity index (χ3v) is 4.89. The molecule has 0 atom stereocenters. The van der Waals surface area contributed by atoms with Gasteiger partial charge in [0, 0.05) is 11.6 Å². The van der Waals surface area contributed by atoms with Gasteiger partial charge in [-0.05, 0) is 12.1 Å². The Kier molecular flexibility index (Phi) is 3.99. The van der Waals surface area contributed by atoms with Crippen LogP contribution in [0.3, 0.4) is 0 Å². The van der Waals surface area contributed by atoms with E-state index in [0.717, 1.165) is 6.07 Å². The number of rotatable bonds is 3. The highest BCUT2D eigenvalue weighted by atomic mass is 32.2. The second kappa shape index (κ2) is 5.23. The van der Waals surface area contributed by atoms with E-state index in [1.165, 1.54) is 0 Å². The zero-order valence-corrected chi connectivity index (χ0v) is 12.5. The summed E-state index contributed by atoms with van der Waals surface area (Å²) >= 11 is 0. The monoisotopic (exact) mass is 398 g/mol. The Morgan fingerprint density at radius 3 is 2.08 bits per heavy atom. The Labute approximate surface area is 129 Å². The van der Waals surface area contributed by atoms with Gasteiger partial charge in [-0.2, -0.15) is 43.2 Å². The molecule has 2 aromatic rings. The maximum Gasteiger partial charge on any atom is 0.534 e. The molecule has 0 aliphatic rings. The zero-order chi connectivity index (χ0) is 18.6. The first-order chi connectivity index (χ1) is 10.7. The molecule has 134 valence electrons. The first-order valence-corrected chi connectivity index (χ1v) is 8.31. The van der Waals surface area contributed by atoms with Gasteiger partial charge < -0.3 is 4.18 Å². The minimum Gasteiger partial charge on any atom is -0.374 e. The SMILES string of the molecule is O=S(=O)(Oc1cnc2c(ccn2S(=O)(=O)C(F)(F)F)c1)C(F)(F)F. The van der Waals surface area contributed by atoms with Gasteiger partial charge in [0.25, 0.3) is 0 Å². The van der Waals surface area contributed by atoms with Gasteiger partial charge in [0.05, 0.1) is 6.20 Å². The number of halogens is 6. The minimum absolute atomic E-state index is 0.246. The molecular weight excluding hydrogens is 394 g/mol. The molecule has 0 saturated carbocycles. The van der Waals surface area contributed by atoms with Crippen LogP contribution in [0, 0.1) is 0 Å². The first-order valence-electron chi connectivity index (χ1n) is 5.46. The summed E-state index contributed by atoms with van der Waals surface area (Å²) in [6, 6.07) is 1.37. The van der Waals surface area contributed by atoms with Gasteiger partial charge in [0.1, 0.15) is 0 Å². The molecule has 0 aliphatic heterocycles. The van der Waals surface area contributed by atoms with Crippen LogP contribution in [0.2, 0.25) is 0 Å². The highest BCUT2D eigenvalue weighted by molar-refractivity contribution is 7.91. The van der Waals surface area contributed by atoms with Crippen LogP contribution in [0.15, 0.2) is 24.5 Å². The molecular formula is C9H4F6N2O5S2. The van der Waals surface area contributed by atoms with Crippen LogP contribution >= 0.6 is 0 Å². The second-order valence-electron chi connectivity index (χ2n) is 4.13. The molecule has 2 rings (SSSR count). The first kappa shape index (κ1) is 18.3. The Hall–Kier alpha value is -2.03. The van der Waals surface area contributed by atoms with Crippen LogP contribution in [0.5, 0.6) is 5.75 Å². The van der Waals surface area contributed by atoms with Crippen molar-refractivity contribution in [2.24, 2.45) is 0 Å². The van der Waals surface area contributed by atoms with E-state index >= 15 is 0 Å². The number of alkyl halides is 6. The summed E-state index contributed by atoms with van der Waals surface area (Å²) < 4.78 is 122. The fourth-order valence-corrected chi connectivity index (χ4v) is 2.77. The summed E-state index contributed by atoms with van der Waals surface area (Å²) in [7, 11) is -11.8. The minimum atomic E-state index is -6.01. The van der Waals surface area contributed by atoms with Gasteiger partial charge in [0.2, 0.25) is 0 Å². The van der Waals surface area contributed by atoms with E-state index in [1.807, 2.05) is 0 Å². The Balaban J connectivity index is 2.51. The summed E-state index contributed by atoms with van der Waals surface area (Å²) in [5.74, 6) is -0.956. The lowest BCUT2D eigenvalue weighted by Crippen LogP contribution is -2.29. The van der Waals surface area contributed by atoms with Gasteiger partial charge in [-0.3, -0.25) is 0 Å². The summed E-state index contributed by atoms with van der Waals surface area (Å²) in [6.07, 6.45) is 0.802. The molecule has 24 heavy (non-hydrogen) atoms. The molecule has 0 N–H and O–H groups in total. The van der Waals surface area contributed by atoms with Crippen molar-refractivity contribution < 1.29 is 47.4 Å². The fourth-order valence-electron chi connectivity index (χ4n) is 1.50. The van der Waals surface area contributed by atoms with Crippen molar-refractivity contribution in [3.8, 4) is 5.75 Å². The summed E-state index contributed by atoms with van der Waals surface area (Å²) in [5.41, 5.74) is -12.1. The molecule has 15 heteroatoms. The Bertz CT molecular complexity index is 990. The van der Waals surface area contributed by atoms with Crippen LogP contribution in [0.4, 0.5) is 26.3 Å². The molecule has 0 saturated heterocycles. The standard InChI is InChI=1S/C9H4F6N2O5S2/c10-8(11,12)23(18,19)17-2-1-5-3-6(4-16-7(5)17)22-24(20,21)9(13,14)15/h1-4H. The van der Waals surface area contributed by atoms with Crippen LogP contribution < -0.4 is 4.18 Å². The largest absolute Gasteiger partial charge is 0.534 e. The summed E-state index contributed by atoms with van der Waals surface area (Å²) in [6.45, 7) is 0. The topological polar surface area (TPSA) is 95.3 Å². The third kappa shape index (κ3) is 3.00. The normalized spacial score (nSPS) is 14.1. The van der Waals surface area contributed by atoms with E-state index in [0.29, 0.717) is 18.5 Å². The number of hydrogen-bond acceptors (Lipinski definition) is 6. The van der Waals surface area contributed by atoms with Crippen molar-refractivity contribution >= 4 is 31.2 Å². The molecule has 0 radical (unpaired) electrons. The predicted molar refractivity (Wildman–Crippen MR) is 65.7 cm³/mol. The molecule has 2 aromatic heterocycles. The molecule has 0 aromatic carbocycles. The van der Waals surface area contributed by atoms with E-state index in [4.69, 9.17) is 0 Å². The molecule has 0 bridgehead atoms. The van der Waals surface area contributed by atoms with Crippen LogP contribution in [0.25, 0.3) is 11.0 Å². The average molecular weight is 398 g/mol. The smallest absolute Gasteiger partial charge is 0.374 e. The van der Waals surface area contributed by atoms with Crippen molar-refractivity contribution in [3.05, 3.63) is 24.5 Å². The van der Waals surface area contributed by atoms with E-state index in [9.17, 15) is 43.2 Å². The molecule has 0 aliphatic carbocycles. The zero-order valence-electron chi connectivity index (χ0n) is 10.8. The third-order valence-electron chi connectivity index (χ3n) is 2.51. The summed E-state index contributed by atoms with van der Waals surface area (Å²) in [4.78, 5) is 3.21. The van der Waals surface area contributed by atoms with Crippen molar-refractivity contribution in [1.29, 1.82) is 0 Å². The number of hydrogen-bond donors (Lipinski definition) is 0. The lowest BCUT2D eigenvalue weighted by Gasteiger charge is -2.10. The van der Waals surface area contributed by atoms with Crippen molar-refractivity contribution in [2.75, 3.05) is 0 Å². The van der Waals surface area contributed by atoms with Crippen molar-refractivity contribution in [1.82, 2.24) is 8.96 Å². The molecule has 7 nitrogen and oxygen atoms in total. The molecule has 0 spiro atoms. The van der Waals surface area contributed by atoms with Gasteiger partial charge in [0.15, 0.2) is 11.4 Å². The van der Waals surface area contributed by atoms with E-state index < -0.39 is 47.9 Å². The maximum atomic E-state index is 12.5. The van der Waals surface area contributed by atoms with Crippen LogP contribution in [0.1, 0.15) is 0 Å². The quantitative estimate of drug-likeness (QED) is 0.446. The highest BCUT2D eigenvalue weighted by Gasteiger charge is 2.49. The van der Waals surface area contributed by atoms with Crippen molar-refractivity contribution in [3.63, 3.8) is 0 Å². The number of aromatic nitrogens is 2. The number of pyridine rings is 1. The Morgan fingerprint density at radius 1 is 1.00 bits per heavy atom. The highest BCUT2D eigenvalue weighted by Crippen LogP contribution is 2.31. The lowest BCUT2D eigenvalue weighted by atomic mass is 10.3. The lowest BCUT2D eigenvalue weighted by molar-refractivity contribution is -0.0500. The van der Waals surface area contributed by atoms with E-state index in [2.05, 4.69) is 9.17 Å². The average Bonchev–Trinajstić information content (AvgIpc) is 2.78. The molecule has 2 heterocycles. The molecule has 0 amide bonds. The van der Waals surface area contributed by atoms with Gasteiger partial charge >= 0.3 is 31.2 Å².